The van der Waals surface area contributed by atoms with Gasteiger partial charge in [-0.15, -0.1) is 11.6 Å². The second kappa shape index (κ2) is 5.05. The molecule has 0 fully saturated rings. The van der Waals surface area contributed by atoms with Crippen LogP contribution in [0.5, 0.6) is 5.88 Å². The van der Waals surface area contributed by atoms with E-state index in [0.717, 1.165) is 0 Å². The van der Waals surface area contributed by atoms with Gasteiger partial charge in [-0.25, -0.2) is 4.98 Å². The molecular formula is C12H15ClN4O2. The zero-order chi connectivity index (χ0) is 14.2. The summed E-state index contributed by atoms with van der Waals surface area (Å²) in [6.07, 6.45) is 0. The third kappa shape index (κ3) is 2.35. The fraction of sp³-hybridized carbons (Fsp3) is 0.417. The minimum Gasteiger partial charge on any atom is -0.481 e. The molecule has 2 aromatic heterocycles. The first-order valence-electron chi connectivity index (χ1n) is 5.82. The van der Waals surface area contributed by atoms with E-state index >= 15 is 0 Å². The summed E-state index contributed by atoms with van der Waals surface area (Å²) in [5, 5.41) is -0.359. The van der Waals surface area contributed by atoms with Crippen LogP contribution < -0.4 is 10.5 Å². The Hall–Kier alpha value is -1.82. The maximum absolute atomic E-state index is 11.4. The molecule has 2 N–H and O–H groups in total. The van der Waals surface area contributed by atoms with Crippen molar-refractivity contribution in [2.45, 2.75) is 25.3 Å². The highest BCUT2D eigenvalue weighted by Gasteiger charge is 2.23. The van der Waals surface area contributed by atoms with Crippen LogP contribution >= 0.6 is 11.6 Å². The van der Waals surface area contributed by atoms with Crippen molar-refractivity contribution in [3.63, 3.8) is 0 Å². The Bertz CT molecular complexity index is 623. The smallest absolute Gasteiger partial charge is 0.240 e. The predicted molar refractivity (Wildman–Crippen MR) is 72.3 cm³/mol. The molecule has 2 unspecified atom stereocenters. The molecule has 0 aliphatic carbocycles. The van der Waals surface area contributed by atoms with Crippen LogP contribution in [0.3, 0.4) is 0 Å². The lowest BCUT2D eigenvalue weighted by Crippen LogP contribution is -2.25. The van der Waals surface area contributed by atoms with Crippen molar-refractivity contribution in [1.82, 2.24) is 14.5 Å². The van der Waals surface area contributed by atoms with Gasteiger partial charge in [0.15, 0.2) is 5.65 Å². The average molecular weight is 283 g/mol. The molecule has 0 saturated heterocycles. The van der Waals surface area contributed by atoms with Crippen molar-refractivity contribution in [2.24, 2.45) is 5.73 Å². The molecule has 0 radical (unpaired) electrons. The van der Waals surface area contributed by atoms with Gasteiger partial charge in [-0.3, -0.25) is 9.36 Å². The van der Waals surface area contributed by atoms with Crippen molar-refractivity contribution >= 4 is 28.7 Å². The first-order chi connectivity index (χ1) is 8.95. The van der Waals surface area contributed by atoms with Gasteiger partial charge in [0.2, 0.25) is 11.8 Å². The average Bonchev–Trinajstić information content (AvgIpc) is 2.75. The van der Waals surface area contributed by atoms with Crippen LogP contribution in [0.25, 0.3) is 11.2 Å². The Balaban J connectivity index is 2.73. The number of alkyl halides is 1. The molecule has 2 aromatic rings. The van der Waals surface area contributed by atoms with E-state index in [1.54, 1.807) is 30.5 Å². The number of nitrogens with zero attached hydrogens (tertiary/aromatic N) is 3. The Morgan fingerprint density at radius 1 is 1.42 bits per heavy atom. The van der Waals surface area contributed by atoms with E-state index in [-0.39, 0.29) is 5.38 Å². The maximum atomic E-state index is 11.4. The number of fused-ring (bicyclic) bond motifs is 1. The molecule has 0 saturated carbocycles. The lowest BCUT2D eigenvalue weighted by molar-refractivity contribution is -0.120. The monoisotopic (exact) mass is 282 g/mol. The van der Waals surface area contributed by atoms with E-state index in [2.05, 4.69) is 9.97 Å². The van der Waals surface area contributed by atoms with E-state index in [1.807, 2.05) is 0 Å². The second-order valence-electron chi connectivity index (χ2n) is 4.23. The van der Waals surface area contributed by atoms with E-state index in [1.165, 1.54) is 7.11 Å². The number of rotatable bonds is 4. The Morgan fingerprint density at radius 3 is 2.63 bits per heavy atom. The summed E-state index contributed by atoms with van der Waals surface area (Å²) in [5.74, 6) is 0.533. The normalized spacial score (nSPS) is 14.3. The number of aromatic nitrogens is 3. The number of ether oxygens (including phenoxy) is 1. The second-order valence-corrected chi connectivity index (χ2v) is 4.89. The van der Waals surface area contributed by atoms with Gasteiger partial charge in [-0.2, -0.15) is 4.98 Å². The molecule has 0 aliphatic rings. The number of hydrogen-bond donors (Lipinski definition) is 1. The number of hydrogen-bond acceptors (Lipinski definition) is 4. The number of carbonyl (C=O) groups is 1. The molecule has 7 heteroatoms. The summed E-state index contributed by atoms with van der Waals surface area (Å²) >= 11 is 6.11. The minimum atomic E-state index is -0.583. The molecule has 0 bridgehead atoms. The van der Waals surface area contributed by atoms with E-state index in [0.29, 0.717) is 22.9 Å². The Labute approximate surface area is 115 Å². The molecule has 0 spiro atoms. The fourth-order valence-electron chi connectivity index (χ4n) is 1.88. The minimum absolute atomic E-state index is 0.359. The summed E-state index contributed by atoms with van der Waals surface area (Å²) < 4.78 is 6.74. The highest BCUT2D eigenvalue weighted by Crippen LogP contribution is 2.28. The van der Waals surface area contributed by atoms with Crippen LogP contribution in [0.4, 0.5) is 0 Å². The van der Waals surface area contributed by atoms with Crippen LogP contribution in [-0.4, -0.2) is 27.6 Å². The number of nitrogens with two attached hydrogens (primary N) is 1. The topological polar surface area (TPSA) is 83.0 Å². The van der Waals surface area contributed by atoms with Crippen LogP contribution in [0.1, 0.15) is 31.1 Å². The SMILES string of the molecule is COc1ccc2nc(C(C)Cl)n(C(C)C(N)=O)c2n1. The van der Waals surface area contributed by atoms with E-state index < -0.39 is 11.9 Å². The van der Waals surface area contributed by atoms with Gasteiger partial charge in [-0.1, -0.05) is 0 Å². The summed E-state index contributed by atoms with van der Waals surface area (Å²) in [7, 11) is 1.53. The number of amides is 1. The van der Waals surface area contributed by atoms with Gasteiger partial charge >= 0.3 is 0 Å². The lowest BCUT2D eigenvalue weighted by atomic mass is 10.3. The number of carbonyl (C=O) groups excluding carboxylic acids is 1. The maximum Gasteiger partial charge on any atom is 0.240 e. The standard InChI is InChI=1S/C12H15ClN4O2/c1-6(13)11-15-8-4-5-9(19-3)16-12(8)17(11)7(2)10(14)18/h4-7H,1-3H3,(H2,14,18). The van der Waals surface area contributed by atoms with Crippen LogP contribution in [-0.2, 0) is 4.79 Å². The van der Waals surface area contributed by atoms with Gasteiger partial charge in [0.25, 0.3) is 0 Å². The zero-order valence-electron chi connectivity index (χ0n) is 10.9. The third-order valence-electron chi connectivity index (χ3n) is 2.90. The lowest BCUT2D eigenvalue weighted by Gasteiger charge is -2.14. The van der Waals surface area contributed by atoms with Crippen molar-refractivity contribution in [3.05, 3.63) is 18.0 Å². The highest BCUT2D eigenvalue weighted by atomic mass is 35.5. The van der Waals surface area contributed by atoms with Crippen LogP contribution in [0.2, 0.25) is 0 Å². The predicted octanol–water partition coefficient (Wildman–Crippen LogP) is 1.79. The Morgan fingerprint density at radius 2 is 2.11 bits per heavy atom. The van der Waals surface area contributed by atoms with Crippen molar-refractivity contribution in [1.29, 1.82) is 0 Å². The third-order valence-corrected chi connectivity index (χ3v) is 3.10. The molecule has 0 aromatic carbocycles. The van der Waals surface area contributed by atoms with Gasteiger partial charge in [0, 0.05) is 6.07 Å². The molecule has 0 aliphatic heterocycles. The van der Waals surface area contributed by atoms with E-state index in [4.69, 9.17) is 22.1 Å². The zero-order valence-corrected chi connectivity index (χ0v) is 11.7. The van der Waals surface area contributed by atoms with Crippen LogP contribution in [0.15, 0.2) is 12.1 Å². The van der Waals surface area contributed by atoms with Crippen LogP contribution in [0, 0.1) is 0 Å². The summed E-state index contributed by atoms with van der Waals surface area (Å²) in [6.45, 7) is 3.47. The molecule has 2 heterocycles. The first-order valence-corrected chi connectivity index (χ1v) is 6.25. The van der Waals surface area contributed by atoms with E-state index in [9.17, 15) is 4.79 Å². The molecule has 102 valence electrons. The van der Waals surface area contributed by atoms with Gasteiger partial charge in [-0.05, 0) is 19.9 Å². The molecule has 1 amide bonds. The summed E-state index contributed by atoms with van der Waals surface area (Å²) in [5.41, 5.74) is 6.55. The van der Waals surface area contributed by atoms with Crippen molar-refractivity contribution in [2.75, 3.05) is 7.11 Å². The quantitative estimate of drug-likeness (QED) is 0.867. The molecule has 6 nitrogen and oxygen atoms in total. The molecule has 2 atom stereocenters. The molecule has 19 heavy (non-hydrogen) atoms. The molecule has 2 rings (SSSR count). The number of methoxy groups -OCH3 is 1. The fourth-order valence-corrected chi connectivity index (χ4v) is 2.03. The Kier molecular flexibility index (Phi) is 3.61. The molecular weight excluding hydrogens is 268 g/mol. The summed E-state index contributed by atoms with van der Waals surface area (Å²) in [4.78, 5) is 20.2. The first kappa shape index (κ1) is 13.6. The van der Waals surface area contributed by atoms with Gasteiger partial charge in [0.05, 0.1) is 12.5 Å². The van der Waals surface area contributed by atoms with Gasteiger partial charge in [0.1, 0.15) is 17.4 Å². The largest absolute Gasteiger partial charge is 0.481 e. The number of imidazole rings is 1. The van der Waals surface area contributed by atoms with Gasteiger partial charge < -0.3 is 10.5 Å². The number of pyridine rings is 1. The summed E-state index contributed by atoms with van der Waals surface area (Å²) in [6, 6.07) is 2.90. The number of halogens is 1. The highest BCUT2D eigenvalue weighted by molar-refractivity contribution is 6.20. The van der Waals surface area contributed by atoms with Crippen molar-refractivity contribution < 1.29 is 9.53 Å². The number of primary amides is 1. The van der Waals surface area contributed by atoms with Crippen molar-refractivity contribution in [3.8, 4) is 5.88 Å².